The summed E-state index contributed by atoms with van der Waals surface area (Å²) in [4.78, 5) is 5.36. The van der Waals surface area contributed by atoms with Crippen LogP contribution in [0.15, 0.2) is 237 Å². The average molecular weight is 790 g/mol. The second-order valence-corrected chi connectivity index (χ2v) is 16.0. The van der Waals surface area contributed by atoms with Gasteiger partial charge in [-0.3, -0.25) is 4.57 Å². The summed E-state index contributed by atoms with van der Waals surface area (Å²) in [6.45, 7) is 0. The number of benzene rings is 9. The lowest BCUT2D eigenvalue weighted by atomic mass is 9.98. The van der Waals surface area contributed by atoms with Crippen LogP contribution in [0.1, 0.15) is 0 Å². The van der Waals surface area contributed by atoms with Crippen LogP contribution in [0.25, 0.3) is 111 Å². The summed E-state index contributed by atoms with van der Waals surface area (Å²) in [6.07, 6.45) is 0. The summed E-state index contributed by atoms with van der Waals surface area (Å²) < 4.78 is 4.78. The quantitative estimate of drug-likeness (QED) is 0.158. The van der Waals surface area contributed by atoms with Gasteiger partial charge in [-0.1, -0.05) is 176 Å². The Hall–Kier alpha value is -8.27. The molecule has 3 aromatic heterocycles. The Balaban J connectivity index is 1.05. The van der Waals surface area contributed by atoms with E-state index in [2.05, 4.69) is 246 Å². The van der Waals surface area contributed by atoms with E-state index in [-0.39, 0.29) is 0 Å². The molecule has 62 heavy (non-hydrogen) atoms. The molecule has 0 N–H and O–H groups in total. The highest BCUT2D eigenvalue weighted by molar-refractivity contribution is 6.12. The molecule has 0 aliphatic carbocycles. The topological polar surface area (TPSA) is 22.8 Å². The predicted molar refractivity (Wildman–Crippen MR) is 260 cm³/mol. The van der Waals surface area contributed by atoms with Crippen molar-refractivity contribution < 1.29 is 0 Å². The molecule has 290 valence electrons. The number of rotatable bonds is 7. The highest BCUT2D eigenvalue weighted by Gasteiger charge is 2.19. The Morgan fingerprint density at radius 3 is 1.31 bits per heavy atom. The smallest absolute Gasteiger partial charge is 0.138 e. The van der Waals surface area contributed by atoms with Crippen molar-refractivity contribution in [2.45, 2.75) is 0 Å². The molecule has 3 nitrogen and oxygen atoms in total. The SMILES string of the molecule is c1ccc(-c2cc(-c3ccccc3)cc(-n3c4ccccc4c4ccc(-c5ccc6c(c5)c5ccccc5n6-c5cc(-c6ccccc6)cc(-c6ccccc6)n5)cc43)c2)cc1. The first-order valence-corrected chi connectivity index (χ1v) is 21.2. The Bertz CT molecular complexity index is 3490. The van der Waals surface area contributed by atoms with Gasteiger partial charge >= 0.3 is 0 Å². The van der Waals surface area contributed by atoms with Crippen molar-refractivity contribution >= 4 is 43.6 Å². The summed E-state index contributed by atoms with van der Waals surface area (Å²) in [7, 11) is 0. The first-order chi connectivity index (χ1) is 30.7. The third-order valence-corrected chi connectivity index (χ3v) is 12.3. The molecular formula is C59H39N3. The van der Waals surface area contributed by atoms with E-state index in [4.69, 9.17) is 4.98 Å². The van der Waals surface area contributed by atoms with Gasteiger partial charge in [-0.2, -0.15) is 0 Å². The standard InChI is InChI=1S/C59H39N3/c1-5-17-40(18-6-1)46-33-47(41-19-7-2-8-20-41)35-49(34-46)61-55-27-15-13-25-50(55)52-31-29-45(38-58(52)61)44-30-32-57-53(36-44)51-26-14-16-28-56(51)62(57)59-39-48(42-21-9-3-10-22-42)37-54(60-59)43-23-11-4-12-24-43/h1-39H. The molecule has 0 fully saturated rings. The molecule has 0 atom stereocenters. The minimum absolute atomic E-state index is 0.891. The van der Waals surface area contributed by atoms with E-state index in [1.54, 1.807) is 0 Å². The monoisotopic (exact) mass is 789 g/mol. The van der Waals surface area contributed by atoms with Gasteiger partial charge in [-0.05, 0) is 105 Å². The maximum Gasteiger partial charge on any atom is 0.138 e. The maximum absolute atomic E-state index is 5.36. The van der Waals surface area contributed by atoms with Gasteiger partial charge in [0.1, 0.15) is 5.82 Å². The number of para-hydroxylation sites is 2. The van der Waals surface area contributed by atoms with Crippen molar-refractivity contribution in [2.75, 3.05) is 0 Å². The molecule has 0 spiro atoms. The number of hydrogen-bond acceptors (Lipinski definition) is 1. The van der Waals surface area contributed by atoms with Crippen molar-refractivity contribution in [1.29, 1.82) is 0 Å². The van der Waals surface area contributed by atoms with Gasteiger partial charge in [0.2, 0.25) is 0 Å². The normalized spacial score (nSPS) is 11.5. The number of hydrogen-bond donors (Lipinski definition) is 0. The second-order valence-electron chi connectivity index (χ2n) is 16.0. The molecule has 9 aromatic carbocycles. The van der Waals surface area contributed by atoms with E-state index in [1.807, 2.05) is 0 Å². The fraction of sp³-hybridized carbons (Fsp3) is 0. The fourth-order valence-electron chi connectivity index (χ4n) is 9.35. The molecule has 0 amide bonds. The van der Waals surface area contributed by atoms with Crippen LogP contribution in [0, 0.1) is 0 Å². The number of pyridine rings is 1. The Morgan fingerprint density at radius 1 is 0.242 bits per heavy atom. The van der Waals surface area contributed by atoms with Crippen LogP contribution in [-0.2, 0) is 0 Å². The molecule has 3 heteroatoms. The fourth-order valence-corrected chi connectivity index (χ4v) is 9.35. The van der Waals surface area contributed by atoms with E-state index in [1.165, 1.54) is 60.4 Å². The lowest BCUT2D eigenvalue weighted by molar-refractivity contribution is 1.08. The van der Waals surface area contributed by atoms with Crippen molar-refractivity contribution in [1.82, 2.24) is 14.1 Å². The van der Waals surface area contributed by atoms with Crippen LogP contribution in [-0.4, -0.2) is 14.1 Å². The largest absolute Gasteiger partial charge is 0.309 e. The van der Waals surface area contributed by atoms with Crippen LogP contribution in [0.4, 0.5) is 0 Å². The highest BCUT2D eigenvalue weighted by Crippen LogP contribution is 2.40. The van der Waals surface area contributed by atoms with Crippen LogP contribution in [0.3, 0.4) is 0 Å². The first kappa shape index (κ1) is 35.7. The van der Waals surface area contributed by atoms with Gasteiger partial charge in [0.25, 0.3) is 0 Å². The molecule has 12 rings (SSSR count). The minimum Gasteiger partial charge on any atom is -0.309 e. The molecule has 0 aliphatic heterocycles. The van der Waals surface area contributed by atoms with Gasteiger partial charge in [0.15, 0.2) is 0 Å². The lowest BCUT2D eigenvalue weighted by Gasteiger charge is -2.14. The van der Waals surface area contributed by atoms with Gasteiger partial charge < -0.3 is 4.57 Å². The zero-order valence-electron chi connectivity index (χ0n) is 33.9. The average Bonchev–Trinajstić information content (AvgIpc) is 3.87. The van der Waals surface area contributed by atoms with Crippen LogP contribution in [0.2, 0.25) is 0 Å². The molecule has 3 heterocycles. The van der Waals surface area contributed by atoms with Gasteiger partial charge in [-0.15, -0.1) is 0 Å². The zero-order chi connectivity index (χ0) is 41.0. The lowest BCUT2D eigenvalue weighted by Crippen LogP contribution is -2.00. The molecular weight excluding hydrogens is 751 g/mol. The molecule has 0 unspecified atom stereocenters. The van der Waals surface area contributed by atoms with E-state index < -0.39 is 0 Å². The second kappa shape index (κ2) is 14.8. The third-order valence-electron chi connectivity index (χ3n) is 12.3. The summed E-state index contributed by atoms with van der Waals surface area (Å²) in [5.41, 5.74) is 17.1. The van der Waals surface area contributed by atoms with Crippen LogP contribution >= 0.6 is 0 Å². The van der Waals surface area contributed by atoms with E-state index >= 15 is 0 Å². The number of aromatic nitrogens is 3. The van der Waals surface area contributed by atoms with Crippen molar-refractivity contribution in [3.05, 3.63) is 237 Å². The first-order valence-electron chi connectivity index (χ1n) is 21.2. The molecule has 0 radical (unpaired) electrons. The summed E-state index contributed by atoms with van der Waals surface area (Å²) >= 11 is 0. The Labute approximate surface area is 360 Å². The molecule has 0 bridgehead atoms. The van der Waals surface area contributed by atoms with E-state index in [9.17, 15) is 0 Å². The summed E-state index contributed by atoms with van der Waals surface area (Å²) in [5, 5.41) is 4.85. The molecule has 0 saturated carbocycles. The summed E-state index contributed by atoms with van der Waals surface area (Å²) in [5.74, 6) is 0.891. The number of nitrogens with zero attached hydrogens (tertiary/aromatic N) is 3. The molecule has 12 aromatic rings. The predicted octanol–water partition coefficient (Wildman–Crippen LogP) is 15.6. The Morgan fingerprint density at radius 2 is 0.694 bits per heavy atom. The van der Waals surface area contributed by atoms with Crippen LogP contribution < -0.4 is 0 Å². The maximum atomic E-state index is 5.36. The molecule has 0 saturated heterocycles. The van der Waals surface area contributed by atoms with E-state index in [0.29, 0.717) is 0 Å². The van der Waals surface area contributed by atoms with Crippen molar-refractivity contribution in [3.8, 4) is 67.3 Å². The van der Waals surface area contributed by atoms with Gasteiger partial charge in [0, 0.05) is 32.8 Å². The molecule has 0 aliphatic rings. The third kappa shape index (κ3) is 6.10. The minimum atomic E-state index is 0.891. The highest BCUT2D eigenvalue weighted by atomic mass is 15.1. The van der Waals surface area contributed by atoms with Crippen molar-refractivity contribution in [2.24, 2.45) is 0 Å². The number of fused-ring (bicyclic) bond motifs is 6. The van der Waals surface area contributed by atoms with Crippen LogP contribution in [0.5, 0.6) is 0 Å². The Kier molecular flexibility index (Phi) is 8.50. The zero-order valence-corrected chi connectivity index (χ0v) is 33.9. The van der Waals surface area contributed by atoms with E-state index in [0.717, 1.165) is 50.5 Å². The van der Waals surface area contributed by atoms with Crippen molar-refractivity contribution in [3.63, 3.8) is 0 Å². The van der Waals surface area contributed by atoms with Gasteiger partial charge in [-0.25, -0.2) is 4.98 Å². The van der Waals surface area contributed by atoms with Gasteiger partial charge in [0.05, 0.1) is 27.8 Å². The summed E-state index contributed by atoms with van der Waals surface area (Å²) in [6, 6.07) is 85.3.